The fourth-order valence-corrected chi connectivity index (χ4v) is 4.28. The number of hydrogen-bond acceptors (Lipinski definition) is 6. The molecule has 0 saturated heterocycles. The third-order valence-electron chi connectivity index (χ3n) is 4.29. The number of rotatable bonds is 5. The number of fused-ring (bicyclic) bond motifs is 1. The van der Waals surface area contributed by atoms with Crippen molar-refractivity contribution in [2.45, 2.75) is 25.7 Å². The van der Waals surface area contributed by atoms with E-state index in [4.69, 9.17) is 4.74 Å². The van der Waals surface area contributed by atoms with Crippen LogP contribution >= 0.6 is 11.3 Å². The van der Waals surface area contributed by atoms with Gasteiger partial charge in [0, 0.05) is 17.6 Å². The topological polar surface area (TPSA) is 91.2 Å². The summed E-state index contributed by atoms with van der Waals surface area (Å²) < 4.78 is 5.11. The zero-order valence-electron chi connectivity index (χ0n) is 14.4. The Morgan fingerprint density at radius 1 is 1.27 bits per heavy atom. The number of amides is 1. The van der Waals surface area contributed by atoms with Crippen molar-refractivity contribution in [1.82, 2.24) is 0 Å². The Kier molecular flexibility index (Phi) is 5.54. The first-order chi connectivity index (χ1) is 12.6. The van der Waals surface area contributed by atoms with Crippen LogP contribution in [0.15, 0.2) is 24.3 Å². The molecule has 0 spiro atoms. The van der Waals surface area contributed by atoms with Crippen LogP contribution in [0.5, 0.6) is 0 Å². The number of anilines is 2. The minimum atomic E-state index is -0.573. The van der Waals surface area contributed by atoms with Crippen LogP contribution in [0.25, 0.3) is 0 Å². The van der Waals surface area contributed by atoms with Gasteiger partial charge in [-0.05, 0) is 43.4 Å². The second-order valence-electron chi connectivity index (χ2n) is 5.95. The lowest BCUT2D eigenvalue weighted by atomic mass is 9.96. The van der Waals surface area contributed by atoms with Gasteiger partial charge in [0.15, 0.2) is 6.61 Å². The molecule has 1 heterocycles. The van der Waals surface area contributed by atoms with Crippen molar-refractivity contribution in [3.63, 3.8) is 0 Å². The van der Waals surface area contributed by atoms with Crippen molar-refractivity contribution in [1.29, 1.82) is 5.26 Å². The number of carbonyl (C=O) groups is 2. The normalized spacial score (nSPS) is 12.6. The number of nitrogens with zero attached hydrogens (tertiary/aromatic N) is 1. The van der Waals surface area contributed by atoms with Crippen LogP contribution in [0.3, 0.4) is 0 Å². The van der Waals surface area contributed by atoms with Gasteiger partial charge in [-0.15, -0.1) is 11.3 Å². The summed E-state index contributed by atoms with van der Waals surface area (Å²) >= 11 is 1.45. The lowest BCUT2D eigenvalue weighted by Gasteiger charge is -2.09. The first kappa shape index (κ1) is 18.0. The van der Waals surface area contributed by atoms with E-state index in [1.165, 1.54) is 16.2 Å². The highest BCUT2D eigenvalue weighted by Gasteiger charge is 2.22. The van der Waals surface area contributed by atoms with Gasteiger partial charge in [-0.1, -0.05) is 12.1 Å². The summed E-state index contributed by atoms with van der Waals surface area (Å²) in [5, 5.41) is 15.6. The standard InChI is InChI=1S/C19H19N3O3S/c1-21-15-8-4-2-7-13(15)19(24)25-11-17(23)22-18-14(10-20)12-6-3-5-9-16(12)26-18/h2,4,7-8,21H,3,5-6,9,11H2,1H3,(H,22,23). The molecular weight excluding hydrogens is 350 g/mol. The maximum atomic E-state index is 12.2. The van der Waals surface area contributed by atoms with Crippen molar-refractivity contribution in [3.05, 3.63) is 45.8 Å². The number of carbonyl (C=O) groups excluding carboxylic acids is 2. The van der Waals surface area contributed by atoms with E-state index in [0.717, 1.165) is 31.2 Å². The largest absolute Gasteiger partial charge is 0.452 e. The fourth-order valence-electron chi connectivity index (χ4n) is 3.02. The average molecular weight is 369 g/mol. The first-order valence-corrected chi connectivity index (χ1v) is 9.24. The number of ether oxygens (including phenoxy) is 1. The quantitative estimate of drug-likeness (QED) is 0.789. The van der Waals surface area contributed by atoms with E-state index in [1.54, 1.807) is 31.3 Å². The summed E-state index contributed by atoms with van der Waals surface area (Å²) in [5.74, 6) is -1.02. The second kappa shape index (κ2) is 8.02. The molecule has 1 amide bonds. The first-order valence-electron chi connectivity index (χ1n) is 8.42. The van der Waals surface area contributed by atoms with Gasteiger partial charge < -0.3 is 15.4 Å². The molecule has 2 aromatic rings. The number of aryl methyl sites for hydroxylation is 1. The van der Waals surface area contributed by atoms with Crippen molar-refractivity contribution in [2.24, 2.45) is 0 Å². The van der Waals surface area contributed by atoms with Crippen LogP contribution < -0.4 is 10.6 Å². The summed E-state index contributed by atoms with van der Waals surface area (Å²) in [5.41, 5.74) is 2.60. The minimum Gasteiger partial charge on any atom is -0.452 e. The molecule has 0 fully saturated rings. The number of para-hydroxylation sites is 1. The molecule has 1 aromatic heterocycles. The molecule has 0 unspecified atom stereocenters. The predicted octanol–water partition coefficient (Wildman–Crippen LogP) is 3.34. The van der Waals surface area contributed by atoms with E-state index in [0.29, 0.717) is 21.8 Å². The molecule has 0 aliphatic heterocycles. The molecule has 7 heteroatoms. The summed E-state index contributed by atoms with van der Waals surface area (Å²) in [6.45, 7) is -0.398. The summed E-state index contributed by atoms with van der Waals surface area (Å²) in [4.78, 5) is 25.5. The van der Waals surface area contributed by atoms with Gasteiger partial charge in [-0.3, -0.25) is 4.79 Å². The Labute approximate surface area is 155 Å². The van der Waals surface area contributed by atoms with Crippen molar-refractivity contribution >= 4 is 33.9 Å². The van der Waals surface area contributed by atoms with Crippen LogP contribution in [-0.4, -0.2) is 25.5 Å². The van der Waals surface area contributed by atoms with Crippen molar-refractivity contribution in [2.75, 3.05) is 24.3 Å². The number of hydrogen-bond donors (Lipinski definition) is 2. The second-order valence-corrected chi connectivity index (χ2v) is 7.05. The number of esters is 1. The molecule has 26 heavy (non-hydrogen) atoms. The van der Waals surface area contributed by atoms with Gasteiger partial charge in [0.2, 0.25) is 0 Å². The third-order valence-corrected chi connectivity index (χ3v) is 5.49. The molecule has 1 aromatic carbocycles. The van der Waals surface area contributed by atoms with Crippen molar-refractivity contribution < 1.29 is 14.3 Å². The average Bonchev–Trinajstić information content (AvgIpc) is 3.02. The van der Waals surface area contributed by atoms with E-state index >= 15 is 0 Å². The Bertz CT molecular complexity index is 883. The van der Waals surface area contributed by atoms with Gasteiger partial charge >= 0.3 is 5.97 Å². The maximum Gasteiger partial charge on any atom is 0.340 e. The van der Waals surface area contributed by atoms with E-state index in [1.807, 2.05) is 0 Å². The van der Waals surface area contributed by atoms with Gasteiger partial charge in [0.05, 0.1) is 11.1 Å². The Balaban J connectivity index is 1.64. The fraction of sp³-hybridized carbons (Fsp3) is 0.316. The highest BCUT2D eigenvalue weighted by Crippen LogP contribution is 2.37. The molecule has 0 atom stereocenters. The SMILES string of the molecule is CNc1ccccc1C(=O)OCC(=O)Nc1sc2c(c1C#N)CCCC2. The smallest absolute Gasteiger partial charge is 0.340 e. The van der Waals surface area contributed by atoms with Crippen LogP contribution in [0.1, 0.15) is 39.2 Å². The summed E-state index contributed by atoms with van der Waals surface area (Å²) in [6, 6.07) is 9.11. The van der Waals surface area contributed by atoms with Crippen LogP contribution in [0, 0.1) is 11.3 Å². The molecule has 134 valence electrons. The number of thiophene rings is 1. The molecule has 0 bridgehead atoms. The van der Waals surface area contributed by atoms with E-state index < -0.39 is 18.5 Å². The zero-order chi connectivity index (χ0) is 18.5. The third kappa shape index (κ3) is 3.70. The highest BCUT2D eigenvalue weighted by atomic mass is 32.1. The highest BCUT2D eigenvalue weighted by molar-refractivity contribution is 7.16. The molecule has 0 saturated carbocycles. The number of nitrogens with one attached hydrogen (secondary N) is 2. The van der Waals surface area contributed by atoms with Gasteiger partial charge in [0.25, 0.3) is 5.91 Å². The van der Waals surface area contributed by atoms with Crippen molar-refractivity contribution in [3.8, 4) is 6.07 Å². The Morgan fingerprint density at radius 2 is 2.04 bits per heavy atom. The maximum absolute atomic E-state index is 12.2. The monoisotopic (exact) mass is 369 g/mol. The molecule has 3 rings (SSSR count). The van der Waals surface area contributed by atoms with Gasteiger partial charge in [-0.25, -0.2) is 4.79 Å². The lowest BCUT2D eigenvalue weighted by Crippen LogP contribution is -2.21. The molecule has 0 radical (unpaired) electrons. The lowest BCUT2D eigenvalue weighted by molar-refractivity contribution is -0.119. The summed E-state index contributed by atoms with van der Waals surface area (Å²) in [6.07, 6.45) is 3.99. The summed E-state index contributed by atoms with van der Waals surface area (Å²) in [7, 11) is 1.71. The molecule has 1 aliphatic carbocycles. The van der Waals surface area contributed by atoms with Crippen LogP contribution in [-0.2, 0) is 22.4 Å². The minimum absolute atomic E-state index is 0.368. The molecular formula is C19H19N3O3S. The van der Waals surface area contributed by atoms with Gasteiger partial charge in [0.1, 0.15) is 11.1 Å². The van der Waals surface area contributed by atoms with E-state index in [9.17, 15) is 14.9 Å². The molecule has 2 N–H and O–H groups in total. The van der Waals surface area contributed by atoms with E-state index in [2.05, 4.69) is 16.7 Å². The Morgan fingerprint density at radius 3 is 2.81 bits per heavy atom. The number of benzene rings is 1. The van der Waals surface area contributed by atoms with Gasteiger partial charge in [-0.2, -0.15) is 5.26 Å². The molecule has 6 nitrogen and oxygen atoms in total. The number of nitriles is 1. The van der Waals surface area contributed by atoms with Crippen LogP contribution in [0.2, 0.25) is 0 Å². The Hall–Kier alpha value is -2.85. The van der Waals surface area contributed by atoms with E-state index in [-0.39, 0.29) is 0 Å². The van der Waals surface area contributed by atoms with Crippen LogP contribution in [0.4, 0.5) is 10.7 Å². The zero-order valence-corrected chi connectivity index (χ0v) is 15.2. The molecule has 1 aliphatic rings. The predicted molar refractivity (Wildman–Crippen MR) is 101 cm³/mol.